The third kappa shape index (κ3) is 3.87. The van der Waals surface area contributed by atoms with Crippen LogP contribution in [0.5, 0.6) is 0 Å². The van der Waals surface area contributed by atoms with E-state index in [2.05, 4.69) is 5.32 Å². The Morgan fingerprint density at radius 3 is 2.50 bits per heavy atom. The van der Waals surface area contributed by atoms with Gasteiger partial charge in [0, 0.05) is 24.9 Å². The van der Waals surface area contributed by atoms with Crippen molar-refractivity contribution in [3.8, 4) is 0 Å². The van der Waals surface area contributed by atoms with Crippen LogP contribution in [0, 0.1) is 5.92 Å². The van der Waals surface area contributed by atoms with Crippen molar-refractivity contribution >= 4 is 15.6 Å². The average Bonchev–Trinajstić information content (AvgIpc) is 2.17. The number of rotatable bonds is 5. The Kier molecular flexibility index (Phi) is 4.92. The van der Waals surface area contributed by atoms with Gasteiger partial charge in [-0.25, -0.2) is 8.42 Å². The molecule has 94 valence electrons. The molecule has 0 aromatic rings. The van der Waals surface area contributed by atoms with Crippen LogP contribution in [0.3, 0.4) is 0 Å². The second-order valence-corrected chi connectivity index (χ2v) is 6.68. The number of sulfone groups is 1. The first-order chi connectivity index (χ1) is 7.48. The maximum absolute atomic E-state index is 11.8. The van der Waals surface area contributed by atoms with Crippen molar-refractivity contribution in [1.29, 1.82) is 0 Å². The molecule has 0 aliphatic carbocycles. The molecule has 0 aromatic carbocycles. The van der Waals surface area contributed by atoms with Crippen molar-refractivity contribution in [2.45, 2.75) is 39.2 Å². The van der Waals surface area contributed by atoms with Gasteiger partial charge in [0.1, 0.15) is 5.78 Å². The summed E-state index contributed by atoms with van der Waals surface area (Å²) < 4.78 is 22.8. The number of nitrogens with one attached hydrogen (secondary N) is 1. The first kappa shape index (κ1) is 13.6. The molecule has 1 aliphatic heterocycles. The molecule has 0 bridgehead atoms. The van der Waals surface area contributed by atoms with Crippen LogP contribution < -0.4 is 5.32 Å². The van der Waals surface area contributed by atoms with E-state index >= 15 is 0 Å². The highest BCUT2D eigenvalue weighted by molar-refractivity contribution is 7.91. The van der Waals surface area contributed by atoms with E-state index in [4.69, 9.17) is 0 Å². The van der Waals surface area contributed by atoms with Crippen LogP contribution in [0.4, 0.5) is 0 Å². The Morgan fingerprint density at radius 1 is 1.38 bits per heavy atom. The molecule has 1 fully saturated rings. The predicted octanol–water partition coefficient (Wildman–Crippen LogP) is 0.768. The topological polar surface area (TPSA) is 63.2 Å². The number of ketones is 1. The fourth-order valence-corrected chi connectivity index (χ4v) is 3.60. The number of hydrogen-bond acceptors (Lipinski definition) is 4. The summed E-state index contributed by atoms with van der Waals surface area (Å²) in [5, 5.41) is 3.11. The molecule has 16 heavy (non-hydrogen) atoms. The van der Waals surface area contributed by atoms with Crippen LogP contribution in [0.1, 0.15) is 33.1 Å². The summed E-state index contributed by atoms with van der Waals surface area (Å²) in [6.45, 7) is 4.47. The van der Waals surface area contributed by atoms with Crippen molar-refractivity contribution in [1.82, 2.24) is 5.32 Å². The first-order valence-corrected chi connectivity index (χ1v) is 7.77. The Morgan fingerprint density at radius 2 is 2.00 bits per heavy atom. The van der Waals surface area contributed by atoms with Crippen molar-refractivity contribution < 1.29 is 13.2 Å². The minimum Gasteiger partial charge on any atom is -0.312 e. The van der Waals surface area contributed by atoms with Crippen molar-refractivity contribution in [2.24, 2.45) is 5.92 Å². The normalized spacial score (nSPS) is 24.6. The second kappa shape index (κ2) is 5.77. The molecular formula is C11H21NO3S. The van der Waals surface area contributed by atoms with Crippen LogP contribution in [-0.4, -0.2) is 38.3 Å². The van der Waals surface area contributed by atoms with Crippen LogP contribution in [0.2, 0.25) is 0 Å². The molecule has 1 N–H and O–H groups in total. The van der Waals surface area contributed by atoms with Gasteiger partial charge in [0.15, 0.2) is 9.84 Å². The minimum absolute atomic E-state index is 0.0893. The van der Waals surface area contributed by atoms with Crippen LogP contribution in [-0.2, 0) is 14.6 Å². The van der Waals surface area contributed by atoms with E-state index in [-0.39, 0.29) is 29.2 Å². The highest BCUT2D eigenvalue weighted by Gasteiger charge is 2.27. The highest BCUT2D eigenvalue weighted by Crippen LogP contribution is 2.14. The number of carbonyl (C=O) groups excluding carboxylic acids is 1. The van der Waals surface area contributed by atoms with Crippen LogP contribution >= 0.6 is 0 Å². The number of hydrogen-bond donors (Lipinski definition) is 1. The molecule has 0 spiro atoms. The van der Waals surface area contributed by atoms with E-state index < -0.39 is 9.84 Å². The zero-order chi connectivity index (χ0) is 12.2. The van der Waals surface area contributed by atoms with Crippen molar-refractivity contribution in [3.05, 3.63) is 0 Å². The maximum atomic E-state index is 11.8. The van der Waals surface area contributed by atoms with Gasteiger partial charge in [-0.3, -0.25) is 4.79 Å². The zero-order valence-corrected chi connectivity index (χ0v) is 10.8. The van der Waals surface area contributed by atoms with Gasteiger partial charge < -0.3 is 5.32 Å². The Bertz CT molecular complexity index is 333. The molecule has 0 saturated carbocycles. The van der Waals surface area contributed by atoms with Gasteiger partial charge in [-0.1, -0.05) is 13.8 Å². The molecule has 1 aliphatic rings. The number of carbonyl (C=O) groups is 1. The van der Waals surface area contributed by atoms with E-state index in [0.717, 1.165) is 12.8 Å². The van der Waals surface area contributed by atoms with Crippen molar-refractivity contribution in [2.75, 3.05) is 18.1 Å². The lowest BCUT2D eigenvalue weighted by Gasteiger charge is -2.24. The maximum Gasteiger partial charge on any atom is 0.153 e. The molecule has 5 heteroatoms. The van der Waals surface area contributed by atoms with Gasteiger partial charge in [0.25, 0.3) is 0 Å². The minimum atomic E-state index is -2.93. The third-order valence-electron chi connectivity index (χ3n) is 3.19. The van der Waals surface area contributed by atoms with Gasteiger partial charge in [-0.2, -0.15) is 0 Å². The van der Waals surface area contributed by atoms with Crippen LogP contribution in [0.25, 0.3) is 0 Å². The van der Waals surface area contributed by atoms with E-state index in [1.165, 1.54) is 0 Å². The van der Waals surface area contributed by atoms with Gasteiger partial charge in [-0.15, -0.1) is 0 Å². The average molecular weight is 247 g/mol. The number of Topliss-reactive ketones (excluding diaryl/α,β-unsaturated/α-hetero) is 1. The molecule has 0 aromatic heterocycles. The van der Waals surface area contributed by atoms with E-state index in [9.17, 15) is 13.2 Å². The molecule has 1 atom stereocenters. The summed E-state index contributed by atoms with van der Waals surface area (Å²) in [5.74, 6) is 0.590. The summed E-state index contributed by atoms with van der Waals surface area (Å²) in [6, 6.07) is -0.174. The zero-order valence-electron chi connectivity index (χ0n) is 10.0. The quantitative estimate of drug-likeness (QED) is 0.779. The lowest BCUT2D eigenvalue weighted by molar-refractivity contribution is -0.123. The van der Waals surface area contributed by atoms with Gasteiger partial charge in [-0.05, 0) is 12.8 Å². The van der Waals surface area contributed by atoms with Gasteiger partial charge in [0.05, 0.1) is 11.5 Å². The predicted molar refractivity (Wildman–Crippen MR) is 64.1 cm³/mol. The van der Waals surface area contributed by atoms with E-state index in [1.807, 2.05) is 13.8 Å². The smallest absolute Gasteiger partial charge is 0.153 e. The lowest BCUT2D eigenvalue weighted by Crippen LogP contribution is -2.46. The Balaban J connectivity index is 2.51. The van der Waals surface area contributed by atoms with E-state index in [0.29, 0.717) is 13.0 Å². The standard InChI is InChI=1S/C11H21NO3S/c1-3-9(4-2)11(13)7-10-8-16(14,15)6-5-12-10/h9-10,12H,3-8H2,1-2H3. The summed E-state index contributed by atoms with van der Waals surface area (Å²) in [4.78, 5) is 11.8. The molecule has 4 nitrogen and oxygen atoms in total. The lowest BCUT2D eigenvalue weighted by atomic mass is 9.94. The largest absolute Gasteiger partial charge is 0.312 e. The van der Waals surface area contributed by atoms with E-state index in [1.54, 1.807) is 0 Å². The Labute approximate surface area is 97.7 Å². The Hall–Kier alpha value is -0.420. The highest BCUT2D eigenvalue weighted by atomic mass is 32.2. The molecular weight excluding hydrogens is 226 g/mol. The third-order valence-corrected chi connectivity index (χ3v) is 4.93. The summed E-state index contributed by atoms with van der Waals surface area (Å²) in [5.41, 5.74) is 0. The fourth-order valence-electron chi connectivity index (χ4n) is 2.15. The van der Waals surface area contributed by atoms with Crippen molar-refractivity contribution in [3.63, 3.8) is 0 Å². The first-order valence-electron chi connectivity index (χ1n) is 5.95. The van der Waals surface area contributed by atoms with Crippen LogP contribution in [0.15, 0.2) is 0 Å². The molecule has 1 unspecified atom stereocenters. The van der Waals surface area contributed by atoms with Gasteiger partial charge in [0.2, 0.25) is 0 Å². The summed E-state index contributed by atoms with van der Waals surface area (Å²) >= 11 is 0. The molecule has 1 saturated heterocycles. The second-order valence-electron chi connectivity index (χ2n) is 4.45. The fraction of sp³-hybridized carbons (Fsp3) is 0.909. The monoisotopic (exact) mass is 247 g/mol. The SMILES string of the molecule is CCC(CC)C(=O)CC1CS(=O)(=O)CCN1. The molecule has 0 amide bonds. The molecule has 1 rings (SSSR count). The molecule has 1 heterocycles. The summed E-state index contributed by atoms with van der Waals surface area (Å²) in [6.07, 6.45) is 2.04. The summed E-state index contributed by atoms with van der Waals surface area (Å²) in [7, 11) is -2.93. The molecule has 0 radical (unpaired) electrons. The van der Waals surface area contributed by atoms with Gasteiger partial charge >= 0.3 is 0 Å².